The van der Waals surface area contributed by atoms with E-state index < -0.39 is 78.5 Å². The Morgan fingerprint density at radius 3 is 1.45 bits per heavy atom. The number of allylic oxidation sites excluding steroid dienone is 5. The molecule has 0 aromatic rings. The fraction of sp³-hybridized carbons (Fsp3) is 0.865. The first-order valence-corrected chi connectivity index (χ1v) is 27.8. The minimum Gasteiger partial charge on any atom is -0.394 e. The van der Waals surface area contributed by atoms with Crippen LogP contribution in [-0.4, -0.2) is 107 Å². The van der Waals surface area contributed by atoms with E-state index in [0.29, 0.717) is 12.8 Å². The van der Waals surface area contributed by atoms with Crippen LogP contribution in [0.2, 0.25) is 0 Å². The maximum atomic E-state index is 13.2. The van der Waals surface area contributed by atoms with Gasteiger partial charge in [0.05, 0.1) is 25.4 Å². The van der Waals surface area contributed by atoms with E-state index >= 15 is 0 Å². The third kappa shape index (κ3) is 33.7. The van der Waals surface area contributed by atoms with Crippen LogP contribution in [0.1, 0.15) is 226 Å². The quantitative estimate of drug-likeness (QED) is 0.0173. The molecule has 388 valence electrons. The van der Waals surface area contributed by atoms with Gasteiger partial charge in [-0.25, -0.2) is 4.18 Å². The van der Waals surface area contributed by atoms with Crippen LogP contribution in [0.5, 0.6) is 0 Å². The lowest BCUT2D eigenvalue weighted by atomic mass is 9.99. The molecule has 1 aliphatic rings. The van der Waals surface area contributed by atoms with Crippen LogP contribution >= 0.6 is 0 Å². The summed E-state index contributed by atoms with van der Waals surface area (Å²) in [5.74, 6) is -0.715. The van der Waals surface area contributed by atoms with Crippen molar-refractivity contribution < 1.29 is 57.0 Å². The first kappa shape index (κ1) is 62.3. The molecule has 0 spiro atoms. The van der Waals surface area contributed by atoms with Crippen LogP contribution in [0.4, 0.5) is 0 Å². The van der Waals surface area contributed by atoms with E-state index in [1.165, 1.54) is 134 Å². The zero-order chi connectivity index (χ0) is 48.5. The highest BCUT2D eigenvalue weighted by Crippen LogP contribution is 2.26. The van der Waals surface area contributed by atoms with Crippen LogP contribution in [-0.2, 0) is 28.9 Å². The Morgan fingerprint density at radius 1 is 0.606 bits per heavy atom. The van der Waals surface area contributed by atoms with Crippen LogP contribution in [0.3, 0.4) is 0 Å². The average Bonchev–Trinajstić information content (AvgIpc) is 3.29. The Kier molecular flexibility index (Phi) is 39.8. The number of carbonyl (C=O) groups excluding carboxylic acids is 1. The Morgan fingerprint density at radius 2 is 1.02 bits per heavy atom. The summed E-state index contributed by atoms with van der Waals surface area (Å²) in [4.78, 5) is 13.2. The Bertz CT molecular complexity index is 1330. The molecular weight excluding hydrogens is 863 g/mol. The van der Waals surface area contributed by atoms with E-state index in [2.05, 4.69) is 47.7 Å². The number of aliphatic hydroxyl groups is 5. The lowest BCUT2D eigenvalue weighted by Crippen LogP contribution is -2.61. The van der Waals surface area contributed by atoms with Gasteiger partial charge < -0.3 is 40.3 Å². The zero-order valence-corrected chi connectivity index (χ0v) is 42.2. The molecule has 1 fully saturated rings. The van der Waals surface area contributed by atoms with Gasteiger partial charge in [0.1, 0.15) is 30.5 Å². The number of hydrogen-bond donors (Lipinski definition) is 7. The van der Waals surface area contributed by atoms with E-state index in [4.69, 9.17) is 9.47 Å². The number of hydrogen-bond acceptors (Lipinski definition) is 11. The molecule has 8 atom stereocenters. The summed E-state index contributed by atoms with van der Waals surface area (Å²) < 4.78 is 47.6. The summed E-state index contributed by atoms with van der Waals surface area (Å²) >= 11 is 0. The number of rotatable bonds is 45. The van der Waals surface area contributed by atoms with Gasteiger partial charge in [0, 0.05) is 0 Å². The molecule has 0 aromatic carbocycles. The summed E-state index contributed by atoms with van der Waals surface area (Å²) in [5, 5.41) is 55.4. The average molecular weight is 960 g/mol. The second-order valence-electron chi connectivity index (χ2n) is 18.6. The molecule has 1 rings (SSSR count). The van der Waals surface area contributed by atoms with Gasteiger partial charge in [-0.3, -0.25) is 9.35 Å². The van der Waals surface area contributed by atoms with Gasteiger partial charge >= 0.3 is 10.4 Å². The lowest BCUT2D eigenvalue weighted by molar-refractivity contribution is -0.298. The third-order valence-corrected chi connectivity index (χ3v) is 13.0. The van der Waals surface area contributed by atoms with Crippen molar-refractivity contribution in [2.45, 2.75) is 275 Å². The summed E-state index contributed by atoms with van der Waals surface area (Å²) in [6.07, 6.45) is 39.3. The first-order chi connectivity index (χ1) is 31.9. The van der Waals surface area contributed by atoms with Gasteiger partial charge in [0.25, 0.3) is 0 Å². The summed E-state index contributed by atoms with van der Waals surface area (Å²) in [6, 6.07) is -1.14. The molecule has 1 heterocycles. The number of unbranched alkanes of at least 4 members (excludes halogenated alkanes) is 28. The minimum absolute atomic E-state index is 0.230. The van der Waals surface area contributed by atoms with E-state index in [9.17, 15) is 43.3 Å². The number of nitrogens with one attached hydrogen (secondary N) is 1. The maximum Gasteiger partial charge on any atom is 0.397 e. The standard InChI is InChI=1S/C52H97NO12S/c1-3-5-7-9-11-13-15-17-19-21-23-25-27-29-31-33-35-37-39-41-46(56)51(59)53-44(43-63-52-49(58)50(65-66(60,61)62)48(57)47(42-54)64-52)45(55)40-38-36-34-32-30-28-26-24-22-20-18-16-14-12-10-8-6-4-2/h23,25,30,32,38,40,44-50,52,54-58H,3-22,24,26-29,31,33-37,39,41-43H2,1-2H3,(H,53,59)(H,60,61,62)/b25-23-,32-30+,40-38+. The molecular formula is C52H97NO12S. The Labute approximate surface area is 401 Å². The van der Waals surface area contributed by atoms with Crippen LogP contribution < -0.4 is 5.32 Å². The number of ether oxygens (including phenoxy) is 2. The normalized spacial score (nSPS) is 20.8. The molecule has 14 heteroatoms. The molecule has 0 radical (unpaired) electrons. The highest BCUT2D eigenvalue weighted by Gasteiger charge is 2.48. The van der Waals surface area contributed by atoms with Crippen molar-refractivity contribution in [3.8, 4) is 0 Å². The van der Waals surface area contributed by atoms with Gasteiger partial charge in [-0.2, -0.15) is 8.42 Å². The fourth-order valence-electron chi connectivity index (χ4n) is 8.30. The smallest absolute Gasteiger partial charge is 0.394 e. The topological polar surface area (TPSA) is 212 Å². The van der Waals surface area contributed by atoms with Crippen molar-refractivity contribution in [3.63, 3.8) is 0 Å². The van der Waals surface area contributed by atoms with Crippen molar-refractivity contribution in [1.82, 2.24) is 5.32 Å². The lowest BCUT2D eigenvalue weighted by Gasteiger charge is -2.41. The molecule has 1 amide bonds. The van der Waals surface area contributed by atoms with Crippen molar-refractivity contribution >= 4 is 16.3 Å². The summed E-state index contributed by atoms with van der Waals surface area (Å²) in [7, 11) is -5.13. The SMILES string of the molecule is CCCCCCCCCCC/C=C\CCCCCCCCC(O)C(=O)NC(COC1OC(CO)C(O)C(OS(=O)(=O)O)C1O)C(O)/C=C/CC/C=C/CCCCCCCCCCCCCC. The van der Waals surface area contributed by atoms with Gasteiger partial charge in [-0.15, -0.1) is 0 Å². The Balaban J connectivity index is 2.53. The molecule has 1 saturated heterocycles. The first-order valence-electron chi connectivity index (χ1n) is 26.5. The van der Waals surface area contributed by atoms with Crippen LogP contribution in [0, 0.1) is 0 Å². The Hall–Kier alpha value is -1.72. The molecule has 13 nitrogen and oxygen atoms in total. The van der Waals surface area contributed by atoms with Crippen molar-refractivity contribution in [3.05, 3.63) is 36.5 Å². The summed E-state index contributed by atoms with van der Waals surface area (Å²) in [5.41, 5.74) is 0. The molecule has 66 heavy (non-hydrogen) atoms. The monoisotopic (exact) mass is 960 g/mol. The second kappa shape index (κ2) is 42.2. The van der Waals surface area contributed by atoms with Crippen molar-refractivity contribution in [2.75, 3.05) is 13.2 Å². The van der Waals surface area contributed by atoms with Crippen molar-refractivity contribution in [1.29, 1.82) is 0 Å². The van der Waals surface area contributed by atoms with Gasteiger partial charge in [-0.1, -0.05) is 204 Å². The highest BCUT2D eigenvalue weighted by atomic mass is 32.3. The van der Waals surface area contributed by atoms with E-state index in [1.807, 2.05) is 0 Å². The zero-order valence-electron chi connectivity index (χ0n) is 41.4. The van der Waals surface area contributed by atoms with Crippen LogP contribution in [0.25, 0.3) is 0 Å². The van der Waals surface area contributed by atoms with E-state index in [0.717, 1.165) is 64.2 Å². The largest absolute Gasteiger partial charge is 0.397 e. The van der Waals surface area contributed by atoms with Crippen molar-refractivity contribution in [2.24, 2.45) is 0 Å². The number of amides is 1. The van der Waals surface area contributed by atoms with Gasteiger partial charge in [0.15, 0.2) is 6.29 Å². The van der Waals surface area contributed by atoms with E-state index in [-0.39, 0.29) is 6.42 Å². The maximum absolute atomic E-state index is 13.2. The molecule has 8 unspecified atom stereocenters. The molecule has 0 saturated carbocycles. The molecule has 0 aromatic heterocycles. The molecule has 0 aliphatic carbocycles. The predicted molar refractivity (Wildman–Crippen MR) is 265 cm³/mol. The summed E-state index contributed by atoms with van der Waals surface area (Å²) in [6.45, 7) is 3.22. The minimum atomic E-state index is -5.13. The van der Waals surface area contributed by atoms with Crippen LogP contribution in [0.15, 0.2) is 36.5 Å². The second-order valence-corrected chi connectivity index (χ2v) is 19.6. The predicted octanol–water partition coefficient (Wildman–Crippen LogP) is 10.4. The fourth-order valence-corrected chi connectivity index (χ4v) is 8.80. The molecule has 0 bridgehead atoms. The molecule has 7 N–H and O–H groups in total. The third-order valence-electron chi connectivity index (χ3n) is 12.5. The highest BCUT2D eigenvalue weighted by molar-refractivity contribution is 7.80. The van der Waals surface area contributed by atoms with Gasteiger partial charge in [0.2, 0.25) is 5.91 Å². The molecule has 1 aliphatic heterocycles. The number of aliphatic hydroxyl groups excluding tert-OH is 5. The van der Waals surface area contributed by atoms with Gasteiger partial charge in [-0.05, 0) is 57.8 Å². The number of carbonyl (C=O) groups is 1. The van der Waals surface area contributed by atoms with E-state index in [1.54, 1.807) is 6.08 Å².